The van der Waals surface area contributed by atoms with Gasteiger partial charge < -0.3 is 10.1 Å². The molecule has 7 heteroatoms. The zero-order chi connectivity index (χ0) is 19.2. The number of aromatic nitrogens is 3. The fourth-order valence-electron chi connectivity index (χ4n) is 3.74. The minimum Gasteiger partial charge on any atom is -0.467 e. The minimum absolute atomic E-state index is 0.260. The Morgan fingerprint density at radius 3 is 2.70 bits per heavy atom. The molecule has 1 fully saturated rings. The minimum atomic E-state index is -0.611. The van der Waals surface area contributed by atoms with Crippen LogP contribution in [-0.2, 0) is 9.53 Å². The second-order valence-corrected chi connectivity index (χ2v) is 7.13. The van der Waals surface area contributed by atoms with Gasteiger partial charge in [-0.1, -0.05) is 32.1 Å². The van der Waals surface area contributed by atoms with Crippen molar-refractivity contribution in [2.75, 3.05) is 7.11 Å². The van der Waals surface area contributed by atoms with Gasteiger partial charge in [-0.15, -0.1) is 0 Å². The first-order valence-corrected chi connectivity index (χ1v) is 9.43. The molecule has 144 valence electrons. The van der Waals surface area contributed by atoms with Gasteiger partial charge in [0.2, 0.25) is 0 Å². The number of amides is 1. The molecule has 1 saturated carbocycles. The molecular weight excluding hydrogens is 344 g/mol. The summed E-state index contributed by atoms with van der Waals surface area (Å²) in [6, 6.07) is 4.82. The van der Waals surface area contributed by atoms with E-state index in [9.17, 15) is 9.59 Å². The van der Waals surface area contributed by atoms with Gasteiger partial charge in [-0.25, -0.2) is 14.5 Å². The maximum absolute atomic E-state index is 12.8. The molecule has 1 aliphatic carbocycles. The van der Waals surface area contributed by atoms with Crippen LogP contribution in [0.5, 0.6) is 0 Å². The molecule has 27 heavy (non-hydrogen) atoms. The summed E-state index contributed by atoms with van der Waals surface area (Å²) in [6.45, 7) is 1.86. The quantitative estimate of drug-likeness (QED) is 0.790. The van der Waals surface area contributed by atoms with Crippen LogP contribution in [-0.4, -0.2) is 39.8 Å². The third-order valence-electron chi connectivity index (χ3n) is 5.22. The van der Waals surface area contributed by atoms with Crippen molar-refractivity contribution in [1.29, 1.82) is 0 Å². The predicted molar refractivity (Wildman–Crippen MR) is 101 cm³/mol. The molecule has 1 N–H and O–H groups in total. The maximum atomic E-state index is 12.8. The van der Waals surface area contributed by atoms with Crippen molar-refractivity contribution in [3.05, 3.63) is 42.0 Å². The van der Waals surface area contributed by atoms with Gasteiger partial charge in [0.25, 0.3) is 5.91 Å². The maximum Gasteiger partial charge on any atom is 0.328 e. The monoisotopic (exact) mass is 370 g/mol. The third-order valence-corrected chi connectivity index (χ3v) is 5.22. The van der Waals surface area contributed by atoms with Crippen molar-refractivity contribution < 1.29 is 14.3 Å². The standard InChI is InChI=1S/C20H26N4O3/c1-14-10-16(24-13-21-12-22-24)8-9-17(14)19(25)23-18(20(26)27-2)11-15-6-4-3-5-7-15/h8-10,12-13,15,18H,3-7,11H2,1-2H3,(H,23,25). The number of carbonyl (C=O) groups is 2. The second kappa shape index (κ2) is 8.79. The molecule has 0 spiro atoms. The molecule has 0 saturated heterocycles. The van der Waals surface area contributed by atoms with Crippen molar-refractivity contribution in [3.8, 4) is 5.69 Å². The molecule has 1 heterocycles. The van der Waals surface area contributed by atoms with Crippen LogP contribution in [0.1, 0.15) is 54.4 Å². The van der Waals surface area contributed by atoms with E-state index in [1.807, 2.05) is 19.1 Å². The van der Waals surface area contributed by atoms with Gasteiger partial charge in [-0.05, 0) is 43.0 Å². The lowest BCUT2D eigenvalue weighted by Gasteiger charge is -2.26. The van der Waals surface area contributed by atoms with Crippen LogP contribution in [0.4, 0.5) is 0 Å². The number of carbonyl (C=O) groups excluding carboxylic acids is 2. The van der Waals surface area contributed by atoms with Gasteiger partial charge in [0, 0.05) is 5.56 Å². The lowest BCUT2D eigenvalue weighted by molar-refractivity contribution is -0.143. The first-order valence-electron chi connectivity index (χ1n) is 9.43. The summed E-state index contributed by atoms with van der Waals surface area (Å²) in [7, 11) is 1.36. The van der Waals surface area contributed by atoms with Crippen molar-refractivity contribution in [3.63, 3.8) is 0 Å². The van der Waals surface area contributed by atoms with Crippen LogP contribution in [0.3, 0.4) is 0 Å². The number of esters is 1. The van der Waals surface area contributed by atoms with Crippen LogP contribution in [0.15, 0.2) is 30.9 Å². The van der Waals surface area contributed by atoms with Crippen molar-refractivity contribution in [2.45, 2.75) is 51.5 Å². The van der Waals surface area contributed by atoms with Gasteiger partial charge in [0.1, 0.15) is 18.7 Å². The van der Waals surface area contributed by atoms with E-state index in [0.717, 1.165) is 24.1 Å². The Hall–Kier alpha value is -2.70. The number of methoxy groups -OCH3 is 1. The first kappa shape index (κ1) is 19.1. The van der Waals surface area contributed by atoms with Crippen molar-refractivity contribution in [2.24, 2.45) is 5.92 Å². The van der Waals surface area contributed by atoms with Gasteiger partial charge in [0.15, 0.2) is 0 Å². The number of hydrogen-bond donors (Lipinski definition) is 1. The SMILES string of the molecule is COC(=O)C(CC1CCCCC1)NC(=O)c1ccc(-n2cncn2)cc1C. The highest BCUT2D eigenvalue weighted by atomic mass is 16.5. The largest absolute Gasteiger partial charge is 0.467 e. The molecule has 3 rings (SSSR count). The Morgan fingerprint density at radius 2 is 2.07 bits per heavy atom. The molecular formula is C20H26N4O3. The summed E-state index contributed by atoms with van der Waals surface area (Å²) >= 11 is 0. The van der Waals surface area contributed by atoms with E-state index in [4.69, 9.17) is 4.74 Å². The van der Waals surface area contributed by atoms with Crippen LogP contribution in [0.2, 0.25) is 0 Å². The average molecular weight is 370 g/mol. The van der Waals surface area contributed by atoms with E-state index in [0.29, 0.717) is 17.9 Å². The van der Waals surface area contributed by atoms with E-state index in [1.54, 1.807) is 17.1 Å². The Morgan fingerprint density at radius 1 is 1.30 bits per heavy atom. The zero-order valence-electron chi connectivity index (χ0n) is 15.9. The molecule has 1 atom stereocenters. The Balaban J connectivity index is 1.71. The first-order chi connectivity index (χ1) is 13.1. The lowest BCUT2D eigenvalue weighted by Crippen LogP contribution is -2.43. The van der Waals surface area contributed by atoms with E-state index in [-0.39, 0.29) is 11.9 Å². The van der Waals surface area contributed by atoms with Gasteiger partial charge in [0.05, 0.1) is 12.8 Å². The molecule has 1 aliphatic rings. The molecule has 1 amide bonds. The molecule has 1 aromatic carbocycles. The van der Waals surface area contributed by atoms with E-state index < -0.39 is 6.04 Å². The van der Waals surface area contributed by atoms with Gasteiger partial charge in [-0.3, -0.25) is 4.79 Å². The third kappa shape index (κ3) is 4.72. The predicted octanol–water partition coefficient (Wildman–Crippen LogP) is 2.82. The number of rotatable bonds is 6. The normalized spacial score (nSPS) is 15.9. The van der Waals surface area contributed by atoms with Gasteiger partial charge >= 0.3 is 5.97 Å². The summed E-state index contributed by atoms with van der Waals surface area (Å²) in [5, 5.41) is 6.97. The number of nitrogens with zero attached hydrogens (tertiary/aromatic N) is 3. The molecule has 1 unspecified atom stereocenters. The van der Waals surface area contributed by atoms with Crippen LogP contribution in [0, 0.1) is 12.8 Å². The fourth-order valence-corrected chi connectivity index (χ4v) is 3.74. The highest BCUT2D eigenvalue weighted by Crippen LogP contribution is 2.27. The molecule has 0 bridgehead atoms. The number of hydrogen-bond acceptors (Lipinski definition) is 5. The molecule has 2 aromatic rings. The van der Waals surface area contributed by atoms with Gasteiger partial charge in [-0.2, -0.15) is 5.10 Å². The number of aryl methyl sites for hydroxylation is 1. The zero-order valence-corrected chi connectivity index (χ0v) is 15.9. The van der Waals surface area contributed by atoms with E-state index in [2.05, 4.69) is 15.4 Å². The number of ether oxygens (including phenoxy) is 1. The highest BCUT2D eigenvalue weighted by Gasteiger charge is 2.27. The molecule has 0 aliphatic heterocycles. The lowest BCUT2D eigenvalue weighted by atomic mass is 9.84. The van der Waals surface area contributed by atoms with Crippen LogP contribution >= 0.6 is 0 Å². The summed E-state index contributed by atoms with van der Waals surface area (Å²) in [5.74, 6) is -0.186. The molecule has 7 nitrogen and oxygen atoms in total. The van der Waals surface area contributed by atoms with Crippen molar-refractivity contribution in [1.82, 2.24) is 20.1 Å². The van der Waals surface area contributed by atoms with Crippen LogP contribution < -0.4 is 5.32 Å². The smallest absolute Gasteiger partial charge is 0.328 e. The summed E-state index contributed by atoms with van der Waals surface area (Å²) in [4.78, 5) is 28.9. The van der Waals surface area contributed by atoms with E-state index in [1.165, 1.54) is 32.7 Å². The average Bonchev–Trinajstić information content (AvgIpc) is 3.22. The Labute approximate surface area is 159 Å². The van der Waals surface area contributed by atoms with Crippen LogP contribution in [0.25, 0.3) is 5.69 Å². The second-order valence-electron chi connectivity index (χ2n) is 7.13. The summed E-state index contributed by atoms with van der Waals surface area (Å²) in [6.07, 6.45) is 9.54. The summed E-state index contributed by atoms with van der Waals surface area (Å²) < 4.78 is 6.55. The Kier molecular flexibility index (Phi) is 6.21. The topological polar surface area (TPSA) is 86.1 Å². The molecule has 1 aromatic heterocycles. The van der Waals surface area contributed by atoms with E-state index >= 15 is 0 Å². The fraction of sp³-hybridized carbons (Fsp3) is 0.500. The Bertz CT molecular complexity index is 783. The van der Waals surface area contributed by atoms with Crippen molar-refractivity contribution >= 4 is 11.9 Å². The highest BCUT2D eigenvalue weighted by molar-refractivity contribution is 5.98. The number of nitrogens with one attached hydrogen (secondary N) is 1. The number of benzene rings is 1. The molecule has 0 radical (unpaired) electrons. The summed E-state index contributed by atoms with van der Waals surface area (Å²) in [5.41, 5.74) is 2.17.